The molecule has 10 aromatic rings. The largest absolute Gasteiger partial charge is 0.208 e. The zero-order chi connectivity index (χ0) is 40.8. The van der Waals surface area contributed by atoms with Gasteiger partial charge in [-0.1, -0.05) is 218 Å². The van der Waals surface area contributed by atoms with Crippen molar-refractivity contribution in [3.63, 3.8) is 0 Å². The Bertz CT molecular complexity index is 3320. The molecule has 3 heteroatoms. The van der Waals surface area contributed by atoms with Crippen LogP contribution in [0, 0.1) is 0 Å². The molecule has 1 aromatic heterocycles. The second kappa shape index (κ2) is 13.2. The Kier molecular flexibility index (Phi) is 7.44. The molecule has 0 aliphatic heterocycles. The second-order valence-electron chi connectivity index (χ2n) is 16.6. The number of benzene rings is 9. The van der Waals surface area contributed by atoms with Crippen molar-refractivity contribution in [3.8, 4) is 67.5 Å². The van der Waals surface area contributed by atoms with Gasteiger partial charge in [-0.25, -0.2) is 15.0 Å². The SMILES string of the molecule is c1ccc(-c2ccc(-c3nc(-c4ccccc4)nc(-c4ccc5c(c4)C4(c6ccccc6-c6ccccc64)c4ccccc4C54c5ccccc5-c5ccccc54)n3)cc2)cc1. The lowest BCUT2D eigenvalue weighted by Gasteiger charge is -2.49. The Hall–Kier alpha value is -8.01. The first-order chi connectivity index (χ1) is 30.7. The van der Waals surface area contributed by atoms with Gasteiger partial charge < -0.3 is 0 Å². The Balaban J connectivity index is 1.12. The van der Waals surface area contributed by atoms with Gasteiger partial charge in [0.05, 0.1) is 10.8 Å². The Morgan fingerprint density at radius 1 is 0.210 bits per heavy atom. The van der Waals surface area contributed by atoms with E-state index in [-0.39, 0.29) is 0 Å². The molecule has 0 saturated heterocycles. The predicted octanol–water partition coefficient (Wildman–Crippen LogP) is 13.6. The fraction of sp³-hybridized carbons (Fsp3) is 0.0339. The summed E-state index contributed by atoms with van der Waals surface area (Å²) in [5, 5.41) is 0. The number of hydrogen-bond acceptors (Lipinski definition) is 3. The molecule has 62 heavy (non-hydrogen) atoms. The predicted molar refractivity (Wildman–Crippen MR) is 250 cm³/mol. The molecule has 1 heterocycles. The minimum atomic E-state index is -0.613. The normalized spacial score (nSPS) is 14.1. The molecular formula is C59H37N3. The quantitative estimate of drug-likeness (QED) is 0.178. The third-order valence-electron chi connectivity index (χ3n) is 13.6. The van der Waals surface area contributed by atoms with Crippen LogP contribution in [0.1, 0.15) is 44.5 Å². The number of rotatable bonds is 4. The van der Waals surface area contributed by atoms with E-state index in [4.69, 9.17) is 15.0 Å². The highest BCUT2D eigenvalue weighted by atomic mass is 15.0. The molecule has 0 saturated carbocycles. The first-order valence-corrected chi connectivity index (χ1v) is 21.4. The van der Waals surface area contributed by atoms with Crippen molar-refractivity contribution in [3.05, 3.63) is 269 Å². The summed E-state index contributed by atoms with van der Waals surface area (Å²) in [6.45, 7) is 0. The summed E-state index contributed by atoms with van der Waals surface area (Å²) in [7, 11) is 0. The zero-order valence-electron chi connectivity index (χ0n) is 33.7. The van der Waals surface area contributed by atoms with Crippen LogP contribution in [0.4, 0.5) is 0 Å². The standard InChI is InChI=1S/C59H37N3/c1-3-17-38(18-4-1)39-31-33-41(34-32-39)56-60-55(40-19-5-2-6-20-40)61-57(62-56)42-35-36-53-54(37-42)59(49-27-13-9-23-45(49)46-24-10-14-28-50(46)59)52-30-16-15-29-51(52)58(53)47-25-11-7-21-43(47)44-22-8-12-26-48(44)58/h1-37H. The third kappa shape index (κ3) is 4.68. The summed E-state index contributed by atoms with van der Waals surface area (Å²) in [5.41, 5.74) is 19.4. The molecule has 3 nitrogen and oxygen atoms in total. The molecule has 0 atom stereocenters. The number of aromatic nitrogens is 3. The van der Waals surface area contributed by atoms with Crippen LogP contribution in [-0.4, -0.2) is 15.0 Å². The lowest BCUT2D eigenvalue weighted by molar-refractivity contribution is 0.633. The summed E-state index contributed by atoms with van der Waals surface area (Å²) in [6.07, 6.45) is 0. The topological polar surface area (TPSA) is 38.7 Å². The Labute approximate surface area is 360 Å². The maximum Gasteiger partial charge on any atom is 0.164 e. The number of nitrogens with zero attached hydrogens (tertiary/aromatic N) is 3. The van der Waals surface area contributed by atoms with E-state index in [0.717, 1.165) is 22.3 Å². The number of hydrogen-bond donors (Lipinski definition) is 0. The highest BCUT2D eigenvalue weighted by Crippen LogP contribution is 2.67. The summed E-state index contributed by atoms with van der Waals surface area (Å²) >= 11 is 0. The average molecular weight is 788 g/mol. The van der Waals surface area contributed by atoms with Crippen molar-refractivity contribution >= 4 is 0 Å². The van der Waals surface area contributed by atoms with Crippen molar-refractivity contribution in [1.29, 1.82) is 0 Å². The first kappa shape index (κ1) is 34.8. The van der Waals surface area contributed by atoms with Gasteiger partial charge in [-0.15, -0.1) is 0 Å². The van der Waals surface area contributed by atoms with Crippen LogP contribution in [0.15, 0.2) is 224 Å². The second-order valence-corrected chi connectivity index (χ2v) is 16.6. The van der Waals surface area contributed by atoms with E-state index in [9.17, 15) is 0 Å². The van der Waals surface area contributed by atoms with E-state index >= 15 is 0 Å². The molecule has 9 aromatic carbocycles. The van der Waals surface area contributed by atoms with E-state index in [1.165, 1.54) is 72.3 Å². The van der Waals surface area contributed by atoms with Crippen LogP contribution in [-0.2, 0) is 10.8 Å². The lowest BCUT2D eigenvalue weighted by Crippen LogP contribution is -2.43. The zero-order valence-corrected chi connectivity index (χ0v) is 33.7. The van der Waals surface area contributed by atoms with Gasteiger partial charge in [0.1, 0.15) is 0 Å². The monoisotopic (exact) mass is 787 g/mol. The molecule has 3 aliphatic carbocycles. The molecule has 0 fully saturated rings. The molecule has 288 valence electrons. The number of fused-ring (bicyclic) bond motifs is 16. The molecule has 0 unspecified atom stereocenters. The molecule has 3 aliphatic rings. The van der Waals surface area contributed by atoms with Crippen LogP contribution in [0.25, 0.3) is 67.5 Å². The van der Waals surface area contributed by atoms with Gasteiger partial charge in [0, 0.05) is 16.7 Å². The maximum absolute atomic E-state index is 5.34. The van der Waals surface area contributed by atoms with E-state index in [2.05, 4.69) is 200 Å². The van der Waals surface area contributed by atoms with Gasteiger partial charge in [-0.05, 0) is 84.0 Å². The van der Waals surface area contributed by atoms with Crippen molar-refractivity contribution in [2.75, 3.05) is 0 Å². The van der Waals surface area contributed by atoms with Gasteiger partial charge in [-0.2, -0.15) is 0 Å². The minimum absolute atomic E-state index is 0.560. The van der Waals surface area contributed by atoms with Gasteiger partial charge in [-0.3, -0.25) is 0 Å². The van der Waals surface area contributed by atoms with Gasteiger partial charge in [0.25, 0.3) is 0 Å². The molecule has 0 radical (unpaired) electrons. The highest BCUT2D eigenvalue weighted by molar-refractivity contribution is 5.94. The van der Waals surface area contributed by atoms with Crippen LogP contribution in [0.5, 0.6) is 0 Å². The average Bonchev–Trinajstić information content (AvgIpc) is 3.82. The van der Waals surface area contributed by atoms with Gasteiger partial charge in [0.15, 0.2) is 17.5 Å². The van der Waals surface area contributed by atoms with Crippen molar-refractivity contribution in [2.24, 2.45) is 0 Å². The summed E-state index contributed by atoms with van der Waals surface area (Å²) in [4.78, 5) is 15.8. The fourth-order valence-electron chi connectivity index (χ4n) is 11.2. The van der Waals surface area contributed by atoms with Crippen molar-refractivity contribution in [1.82, 2.24) is 15.0 Å². The summed E-state index contributed by atoms with van der Waals surface area (Å²) in [6, 6.07) is 81.7. The molecule has 0 N–H and O–H groups in total. The van der Waals surface area contributed by atoms with Gasteiger partial charge in [0.2, 0.25) is 0 Å². The lowest BCUT2D eigenvalue weighted by atomic mass is 9.52. The van der Waals surface area contributed by atoms with Crippen LogP contribution in [0.3, 0.4) is 0 Å². The maximum atomic E-state index is 5.34. The Morgan fingerprint density at radius 3 is 0.968 bits per heavy atom. The summed E-state index contributed by atoms with van der Waals surface area (Å²) < 4.78 is 0. The van der Waals surface area contributed by atoms with Crippen LogP contribution >= 0.6 is 0 Å². The molecule has 0 amide bonds. The first-order valence-electron chi connectivity index (χ1n) is 21.4. The molecule has 0 bridgehead atoms. The van der Waals surface area contributed by atoms with Crippen molar-refractivity contribution < 1.29 is 0 Å². The third-order valence-corrected chi connectivity index (χ3v) is 13.6. The van der Waals surface area contributed by atoms with Crippen molar-refractivity contribution in [2.45, 2.75) is 10.8 Å². The van der Waals surface area contributed by atoms with Gasteiger partial charge >= 0.3 is 0 Å². The van der Waals surface area contributed by atoms with E-state index < -0.39 is 10.8 Å². The minimum Gasteiger partial charge on any atom is -0.208 e. The van der Waals surface area contributed by atoms with Crippen LogP contribution < -0.4 is 0 Å². The Morgan fingerprint density at radius 2 is 0.500 bits per heavy atom. The highest BCUT2D eigenvalue weighted by Gasteiger charge is 2.59. The van der Waals surface area contributed by atoms with Crippen LogP contribution in [0.2, 0.25) is 0 Å². The smallest absolute Gasteiger partial charge is 0.164 e. The molecule has 2 spiro atoms. The van der Waals surface area contributed by atoms with E-state index in [1.807, 2.05) is 24.3 Å². The van der Waals surface area contributed by atoms with E-state index in [1.54, 1.807) is 0 Å². The fourth-order valence-corrected chi connectivity index (χ4v) is 11.2. The summed E-state index contributed by atoms with van der Waals surface area (Å²) in [5.74, 6) is 1.92. The van der Waals surface area contributed by atoms with E-state index in [0.29, 0.717) is 17.5 Å². The molecule has 13 rings (SSSR count). The molecular weight excluding hydrogens is 751 g/mol.